The highest BCUT2D eigenvalue weighted by molar-refractivity contribution is 5.96. The van der Waals surface area contributed by atoms with E-state index in [0.29, 0.717) is 11.4 Å². The lowest BCUT2D eigenvalue weighted by Crippen LogP contribution is -2.33. The molecule has 5 nitrogen and oxygen atoms in total. The van der Waals surface area contributed by atoms with Crippen LogP contribution < -0.4 is 9.64 Å². The van der Waals surface area contributed by atoms with Crippen molar-refractivity contribution in [3.63, 3.8) is 0 Å². The molecule has 0 aliphatic carbocycles. The second-order valence-corrected chi connectivity index (χ2v) is 6.91. The molecule has 5 heteroatoms. The van der Waals surface area contributed by atoms with Crippen LogP contribution in [0.15, 0.2) is 42.5 Å². The molecule has 2 aromatic carbocycles. The Labute approximate surface area is 153 Å². The van der Waals surface area contributed by atoms with Crippen molar-refractivity contribution in [1.82, 2.24) is 9.97 Å². The quantitative estimate of drug-likeness (QED) is 0.766. The number of phenolic OH excluding ortho intramolecular Hbond substituents is 1. The van der Waals surface area contributed by atoms with Gasteiger partial charge in [0.05, 0.1) is 23.6 Å². The summed E-state index contributed by atoms with van der Waals surface area (Å²) in [4.78, 5) is 11.9. The van der Waals surface area contributed by atoms with Crippen molar-refractivity contribution in [2.24, 2.45) is 5.92 Å². The summed E-state index contributed by atoms with van der Waals surface area (Å²) in [6.45, 7) is 4.22. The fraction of sp³-hybridized carbons (Fsp3) is 0.333. The number of anilines is 1. The first kappa shape index (κ1) is 16.6. The highest BCUT2D eigenvalue weighted by Crippen LogP contribution is 2.37. The minimum atomic E-state index is 0.188. The number of hydrogen-bond acceptors (Lipinski definition) is 5. The van der Waals surface area contributed by atoms with Crippen molar-refractivity contribution in [2.75, 3.05) is 25.1 Å². The average Bonchev–Trinajstić information content (AvgIpc) is 2.67. The van der Waals surface area contributed by atoms with E-state index >= 15 is 0 Å². The zero-order valence-corrected chi connectivity index (χ0v) is 15.1. The Morgan fingerprint density at radius 1 is 1.04 bits per heavy atom. The number of phenols is 1. The molecule has 1 N–H and O–H groups in total. The number of fused-ring (bicyclic) bond motifs is 1. The average molecular weight is 349 g/mol. The molecule has 0 amide bonds. The van der Waals surface area contributed by atoms with Crippen LogP contribution in [0.25, 0.3) is 22.3 Å². The van der Waals surface area contributed by atoms with Crippen molar-refractivity contribution in [3.05, 3.63) is 42.5 Å². The Kier molecular flexibility index (Phi) is 4.37. The van der Waals surface area contributed by atoms with Crippen LogP contribution in [0.3, 0.4) is 0 Å². The van der Waals surface area contributed by atoms with Gasteiger partial charge in [-0.2, -0.15) is 0 Å². The molecule has 134 valence electrons. The van der Waals surface area contributed by atoms with Gasteiger partial charge < -0.3 is 14.7 Å². The normalized spacial score (nSPS) is 15.4. The molecule has 1 fully saturated rings. The molecule has 2 heterocycles. The third-order valence-electron chi connectivity index (χ3n) is 5.11. The van der Waals surface area contributed by atoms with Gasteiger partial charge in [0.2, 0.25) is 0 Å². The molecule has 0 radical (unpaired) electrons. The number of benzene rings is 2. The topological polar surface area (TPSA) is 58.5 Å². The van der Waals surface area contributed by atoms with Gasteiger partial charge in [0.1, 0.15) is 17.3 Å². The Morgan fingerprint density at radius 3 is 2.54 bits per heavy atom. The molecule has 0 atom stereocenters. The van der Waals surface area contributed by atoms with Crippen molar-refractivity contribution in [3.8, 4) is 22.9 Å². The summed E-state index contributed by atoms with van der Waals surface area (Å²) in [5.74, 6) is 3.13. The number of hydrogen-bond donors (Lipinski definition) is 1. The molecular weight excluding hydrogens is 326 g/mol. The lowest BCUT2D eigenvalue weighted by Gasteiger charge is -2.32. The van der Waals surface area contributed by atoms with E-state index in [1.807, 2.05) is 30.3 Å². The molecule has 1 aromatic heterocycles. The van der Waals surface area contributed by atoms with Gasteiger partial charge in [0.25, 0.3) is 0 Å². The number of aromatic nitrogens is 2. The maximum absolute atomic E-state index is 10.3. The predicted molar refractivity (Wildman–Crippen MR) is 104 cm³/mol. The highest BCUT2D eigenvalue weighted by Gasteiger charge is 2.23. The van der Waals surface area contributed by atoms with Crippen LogP contribution in [0.1, 0.15) is 19.8 Å². The molecule has 4 rings (SSSR count). The molecular formula is C21H23N3O2. The van der Waals surface area contributed by atoms with Gasteiger partial charge in [0, 0.05) is 13.1 Å². The summed E-state index contributed by atoms with van der Waals surface area (Å²) in [6.07, 6.45) is 2.29. The van der Waals surface area contributed by atoms with E-state index < -0.39 is 0 Å². The minimum Gasteiger partial charge on any atom is -0.507 e. The van der Waals surface area contributed by atoms with Crippen LogP contribution in [0.4, 0.5) is 5.82 Å². The summed E-state index contributed by atoms with van der Waals surface area (Å²) in [6, 6.07) is 13.0. The summed E-state index contributed by atoms with van der Waals surface area (Å²) in [7, 11) is 1.67. The fourth-order valence-electron chi connectivity index (χ4n) is 3.54. The zero-order valence-electron chi connectivity index (χ0n) is 15.1. The molecule has 3 aromatic rings. The van der Waals surface area contributed by atoms with Gasteiger partial charge in [-0.1, -0.05) is 25.1 Å². The van der Waals surface area contributed by atoms with Gasteiger partial charge in [0.15, 0.2) is 5.82 Å². The molecule has 26 heavy (non-hydrogen) atoms. The largest absolute Gasteiger partial charge is 0.507 e. The SMILES string of the molecule is COc1cccc2nc(-c3ccccc3O)nc(N3CCC(C)CC3)c12. The highest BCUT2D eigenvalue weighted by atomic mass is 16.5. The van der Waals surface area contributed by atoms with Crippen LogP contribution in [0, 0.1) is 5.92 Å². The van der Waals surface area contributed by atoms with Gasteiger partial charge in [-0.25, -0.2) is 9.97 Å². The van der Waals surface area contributed by atoms with Gasteiger partial charge >= 0.3 is 0 Å². The standard InChI is InChI=1S/C21H23N3O2/c1-14-10-12-24(13-11-14)21-19-16(7-5-9-18(19)26-2)22-20(23-21)15-6-3-4-8-17(15)25/h3-9,14,25H,10-13H2,1-2H3. The first-order valence-electron chi connectivity index (χ1n) is 9.05. The first-order chi connectivity index (χ1) is 12.7. The fourth-order valence-corrected chi connectivity index (χ4v) is 3.54. The molecule has 1 aliphatic rings. The molecule has 1 saturated heterocycles. The van der Waals surface area contributed by atoms with E-state index in [0.717, 1.165) is 54.3 Å². The summed E-state index contributed by atoms with van der Waals surface area (Å²) in [5, 5.41) is 11.2. The summed E-state index contributed by atoms with van der Waals surface area (Å²) >= 11 is 0. The number of rotatable bonds is 3. The van der Waals surface area contributed by atoms with E-state index in [-0.39, 0.29) is 5.75 Å². The summed E-state index contributed by atoms with van der Waals surface area (Å²) in [5.41, 5.74) is 1.47. The van der Waals surface area contributed by atoms with E-state index in [9.17, 15) is 5.11 Å². The van der Waals surface area contributed by atoms with Gasteiger partial charge in [-0.3, -0.25) is 0 Å². The number of methoxy groups -OCH3 is 1. The van der Waals surface area contributed by atoms with Crippen molar-refractivity contribution in [1.29, 1.82) is 0 Å². The Hall–Kier alpha value is -2.82. The zero-order chi connectivity index (χ0) is 18.1. The number of piperidine rings is 1. The lowest BCUT2D eigenvalue weighted by molar-refractivity contribution is 0.418. The number of nitrogens with zero attached hydrogens (tertiary/aromatic N) is 3. The Bertz CT molecular complexity index is 934. The third kappa shape index (κ3) is 2.94. The van der Waals surface area contributed by atoms with Crippen molar-refractivity contribution < 1.29 is 9.84 Å². The molecule has 0 saturated carbocycles. The second-order valence-electron chi connectivity index (χ2n) is 6.91. The monoisotopic (exact) mass is 349 g/mol. The third-order valence-corrected chi connectivity index (χ3v) is 5.11. The van der Waals surface area contributed by atoms with Gasteiger partial charge in [-0.15, -0.1) is 0 Å². The van der Waals surface area contributed by atoms with Crippen molar-refractivity contribution >= 4 is 16.7 Å². The summed E-state index contributed by atoms with van der Waals surface area (Å²) < 4.78 is 5.59. The first-order valence-corrected chi connectivity index (χ1v) is 9.05. The van der Waals surface area contributed by atoms with E-state index in [1.54, 1.807) is 19.2 Å². The van der Waals surface area contributed by atoms with E-state index in [1.165, 1.54) is 0 Å². The maximum atomic E-state index is 10.3. The molecule has 0 spiro atoms. The Morgan fingerprint density at radius 2 is 1.81 bits per heavy atom. The predicted octanol–water partition coefficient (Wildman–Crippen LogP) is 4.25. The van der Waals surface area contributed by atoms with Crippen LogP contribution in [-0.4, -0.2) is 35.3 Å². The van der Waals surface area contributed by atoms with Crippen LogP contribution in [0.5, 0.6) is 11.5 Å². The van der Waals surface area contributed by atoms with Crippen LogP contribution in [0.2, 0.25) is 0 Å². The molecule has 0 bridgehead atoms. The molecule has 1 aliphatic heterocycles. The van der Waals surface area contributed by atoms with E-state index in [4.69, 9.17) is 14.7 Å². The second kappa shape index (κ2) is 6.83. The lowest BCUT2D eigenvalue weighted by atomic mass is 9.99. The van der Waals surface area contributed by atoms with E-state index in [2.05, 4.69) is 11.8 Å². The number of aromatic hydroxyl groups is 1. The Balaban J connectivity index is 1.93. The van der Waals surface area contributed by atoms with Crippen molar-refractivity contribution in [2.45, 2.75) is 19.8 Å². The van der Waals surface area contributed by atoms with Crippen LogP contribution in [-0.2, 0) is 0 Å². The number of ether oxygens (including phenoxy) is 1. The smallest absolute Gasteiger partial charge is 0.165 e. The minimum absolute atomic E-state index is 0.188. The maximum Gasteiger partial charge on any atom is 0.165 e. The molecule has 0 unspecified atom stereocenters. The van der Waals surface area contributed by atoms with Gasteiger partial charge in [-0.05, 0) is 43.0 Å². The number of para-hydroxylation sites is 1. The van der Waals surface area contributed by atoms with Crippen LogP contribution >= 0.6 is 0 Å².